The normalized spacial score (nSPS) is 13.5. The Morgan fingerprint density at radius 1 is 0.872 bits per heavy atom. The highest BCUT2D eigenvalue weighted by molar-refractivity contribution is 9.15. The number of imide groups is 1. The molecule has 0 fully saturated rings. The second-order valence-electron chi connectivity index (χ2n) is 8.07. The lowest BCUT2D eigenvalue weighted by atomic mass is 10.0. The Kier molecular flexibility index (Phi) is 9.63. The lowest BCUT2D eigenvalue weighted by Crippen LogP contribution is -2.57. The average Bonchev–Trinajstić information content (AvgIpc) is 3.15. The Morgan fingerprint density at radius 3 is 1.90 bits per heavy atom. The summed E-state index contributed by atoms with van der Waals surface area (Å²) >= 11 is 31.8. The van der Waals surface area contributed by atoms with Gasteiger partial charge in [-0.3, -0.25) is 19.2 Å². The molecule has 0 unspecified atom stereocenters. The monoisotopic (exact) mass is 844 g/mol. The maximum Gasteiger partial charge on any atom is 0.282 e. The SMILES string of the molecule is O=C(c1ccc(F)cc1)[C@@H](CCCl)N(C(=O)c1ccc(Cl)cc1Cl)N1C(=O)c2c(Br)c(Br)c(Br)c(Br)c2C1=O. The fraction of sp³-hybridized carbons (Fsp3) is 0.120. The van der Waals surface area contributed by atoms with Crippen molar-refractivity contribution in [3.63, 3.8) is 0 Å². The van der Waals surface area contributed by atoms with E-state index in [9.17, 15) is 23.6 Å². The molecule has 6 nitrogen and oxygen atoms in total. The number of Topliss-reactive ketones (excluding diaryl/α,β-unsaturated/α-hetero) is 1. The molecule has 1 aliphatic heterocycles. The predicted molar refractivity (Wildman–Crippen MR) is 160 cm³/mol. The summed E-state index contributed by atoms with van der Waals surface area (Å²) in [5.41, 5.74) is -0.165. The standard InChI is InChI=1S/C25H12Br4Cl3FN2O4/c26-18-16-17(19(27)21(29)20(18)28)25(39)35(24(16)38)34(23(37)13-6-3-11(31)9-14(13)32)15(7-8-30)22(36)10-1-4-12(33)5-2-10/h1-6,9,15H,7-8H2/t15-/m1/s1. The molecule has 0 radical (unpaired) electrons. The van der Waals surface area contributed by atoms with Crippen LogP contribution < -0.4 is 0 Å². The van der Waals surface area contributed by atoms with Gasteiger partial charge in [0.15, 0.2) is 5.78 Å². The number of hydrazine groups is 1. The van der Waals surface area contributed by atoms with Crippen LogP contribution in [0.5, 0.6) is 0 Å². The van der Waals surface area contributed by atoms with Crippen molar-refractivity contribution in [2.75, 3.05) is 5.88 Å². The van der Waals surface area contributed by atoms with Gasteiger partial charge in [-0.15, -0.1) is 11.6 Å². The first-order valence-electron chi connectivity index (χ1n) is 10.8. The summed E-state index contributed by atoms with van der Waals surface area (Å²) in [6.45, 7) is 0. The van der Waals surface area contributed by atoms with Crippen LogP contribution >= 0.6 is 98.5 Å². The van der Waals surface area contributed by atoms with Gasteiger partial charge in [0.2, 0.25) is 0 Å². The van der Waals surface area contributed by atoms with Gasteiger partial charge in [-0.1, -0.05) is 23.2 Å². The van der Waals surface area contributed by atoms with Crippen molar-refractivity contribution in [1.29, 1.82) is 0 Å². The number of ketones is 1. The zero-order chi connectivity index (χ0) is 28.8. The molecular weight excluding hydrogens is 837 g/mol. The molecule has 1 aliphatic rings. The van der Waals surface area contributed by atoms with Gasteiger partial charge < -0.3 is 0 Å². The zero-order valence-electron chi connectivity index (χ0n) is 19.1. The lowest BCUT2D eigenvalue weighted by Gasteiger charge is -2.36. The molecule has 39 heavy (non-hydrogen) atoms. The summed E-state index contributed by atoms with van der Waals surface area (Å²) in [5, 5.41) is 1.53. The molecule has 3 amide bonds. The van der Waals surface area contributed by atoms with Crippen LogP contribution in [0.25, 0.3) is 0 Å². The van der Waals surface area contributed by atoms with Gasteiger partial charge in [0, 0.05) is 34.4 Å². The van der Waals surface area contributed by atoms with Crippen molar-refractivity contribution < 1.29 is 23.6 Å². The molecule has 1 heterocycles. The number of rotatable bonds is 7. The van der Waals surface area contributed by atoms with Crippen LogP contribution in [0.15, 0.2) is 60.4 Å². The van der Waals surface area contributed by atoms with Crippen LogP contribution in [0.3, 0.4) is 0 Å². The van der Waals surface area contributed by atoms with Crippen LogP contribution in [-0.2, 0) is 0 Å². The van der Waals surface area contributed by atoms with E-state index in [1.807, 2.05) is 0 Å². The zero-order valence-corrected chi connectivity index (χ0v) is 27.7. The van der Waals surface area contributed by atoms with E-state index in [1.165, 1.54) is 30.3 Å². The minimum absolute atomic E-state index is 0.0379. The average molecular weight is 849 g/mol. The fourth-order valence-electron chi connectivity index (χ4n) is 3.97. The van der Waals surface area contributed by atoms with E-state index in [0.717, 1.165) is 17.1 Å². The maximum atomic E-state index is 14.1. The third-order valence-electron chi connectivity index (χ3n) is 5.77. The smallest absolute Gasteiger partial charge is 0.282 e. The lowest BCUT2D eigenvalue weighted by molar-refractivity contribution is -0.00964. The Labute approximate surface area is 270 Å². The quantitative estimate of drug-likeness (QED) is 0.0785. The molecule has 0 N–H and O–H groups in total. The van der Waals surface area contributed by atoms with Crippen LogP contribution in [0.2, 0.25) is 10.0 Å². The molecule has 3 aromatic rings. The van der Waals surface area contributed by atoms with E-state index >= 15 is 0 Å². The summed E-state index contributed by atoms with van der Waals surface area (Å²) in [4.78, 5) is 55.5. The van der Waals surface area contributed by atoms with E-state index in [1.54, 1.807) is 0 Å². The molecule has 0 aliphatic carbocycles. The molecule has 1 atom stereocenters. The largest absolute Gasteiger partial charge is 0.292 e. The van der Waals surface area contributed by atoms with Crippen molar-refractivity contribution in [3.05, 3.63) is 98.5 Å². The van der Waals surface area contributed by atoms with Gasteiger partial charge in [-0.25, -0.2) is 9.40 Å². The highest BCUT2D eigenvalue weighted by atomic mass is 79.9. The van der Waals surface area contributed by atoms with Crippen LogP contribution in [0.1, 0.15) is 47.9 Å². The molecule has 0 aromatic heterocycles. The number of carbonyl (C=O) groups excluding carboxylic acids is 4. The minimum Gasteiger partial charge on any atom is -0.292 e. The Balaban J connectivity index is 1.94. The fourth-order valence-corrected chi connectivity index (χ4v) is 7.12. The molecule has 0 saturated heterocycles. The third kappa shape index (κ3) is 5.60. The number of amides is 3. The predicted octanol–water partition coefficient (Wildman–Crippen LogP) is 8.72. The number of alkyl halides is 1. The Bertz CT molecular complexity index is 1510. The van der Waals surface area contributed by atoms with Gasteiger partial charge >= 0.3 is 0 Å². The molecule has 3 aromatic carbocycles. The van der Waals surface area contributed by atoms with Crippen molar-refractivity contribution >= 4 is 122 Å². The summed E-state index contributed by atoms with van der Waals surface area (Å²) < 4.78 is 15.0. The van der Waals surface area contributed by atoms with Gasteiger partial charge in [-0.05, 0) is 113 Å². The molecule has 14 heteroatoms. The highest BCUT2D eigenvalue weighted by Gasteiger charge is 2.49. The maximum absolute atomic E-state index is 14.1. The number of hydrogen-bond donors (Lipinski definition) is 0. The van der Waals surface area contributed by atoms with E-state index in [-0.39, 0.29) is 53.5 Å². The second-order valence-corrected chi connectivity index (χ2v) is 12.5. The van der Waals surface area contributed by atoms with E-state index < -0.39 is 35.4 Å². The Morgan fingerprint density at radius 2 is 1.41 bits per heavy atom. The van der Waals surface area contributed by atoms with Crippen LogP contribution in [-0.4, -0.2) is 45.4 Å². The first-order valence-corrected chi connectivity index (χ1v) is 15.3. The van der Waals surface area contributed by atoms with E-state index in [2.05, 4.69) is 63.7 Å². The first kappa shape index (κ1) is 30.6. The number of carbonyl (C=O) groups is 4. The number of halogens is 8. The minimum atomic E-state index is -1.45. The number of benzene rings is 3. The van der Waals surface area contributed by atoms with Gasteiger partial charge in [0.25, 0.3) is 17.7 Å². The van der Waals surface area contributed by atoms with Crippen LogP contribution in [0.4, 0.5) is 4.39 Å². The highest BCUT2D eigenvalue weighted by Crippen LogP contribution is 2.46. The van der Waals surface area contributed by atoms with Crippen LogP contribution in [0, 0.1) is 5.82 Å². The van der Waals surface area contributed by atoms with Gasteiger partial charge in [-0.2, -0.15) is 5.01 Å². The second kappa shape index (κ2) is 12.3. The van der Waals surface area contributed by atoms with E-state index in [0.29, 0.717) is 14.0 Å². The summed E-state index contributed by atoms with van der Waals surface area (Å²) in [6, 6.07) is 7.23. The molecule has 0 spiro atoms. The first-order chi connectivity index (χ1) is 18.4. The van der Waals surface area contributed by atoms with Gasteiger partial charge in [0.1, 0.15) is 11.9 Å². The molecule has 0 saturated carbocycles. The molecular formula is C25H12Br4Cl3FN2O4. The van der Waals surface area contributed by atoms with E-state index in [4.69, 9.17) is 34.8 Å². The van der Waals surface area contributed by atoms with Crippen molar-refractivity contribution in [2.24, 2.45) is 0 Å². The van der Waals surface area contributed by atoms with Crippen molar-refractivity contribution in [2.45, 2.75) is 12.5 Å². The van der Waals surface area contributed by atoms with Crippen molar-refractivity contribution in [3.8, 4) is 0 Å². The number of nitrogens with zero attached hydrogens (tertiary/aromatic N) is 2. The third-order valence-corrected chi connectivity index (χ3v) is 11.3. The Hall–Kier alpha value is -1.34. The topological polar surface area (TPSA) is 74.8 Å². The summed E-state index contributed by atoms with van der Waals surface area (Å²) in [5.74, 6) is -4.05. The molecule has 0 bridgehead atoms. The number of hydrogen-bond acceptors (Lipinski definition) is 4. The summed E-state index contributed by atoms with van der Waals surface area (Å²) in [7, 11) is 0. The van der Waals surface area contributed by atoms with Gasteiger partial charge in [0.05, 0.1) is 21.7 Å². The molecule has 4 rings (SSSR count). The number of fused-ring (bicyclic) bond motifs is 1. The molecule has 202 valence electrons. The summed E-state index contributed by atoms with van der Waals surface area (Å²) in [6.07, 6.45) is -0.155. The van der Waals surface area contributed by atoms with Crippen molar-refractivity contribution in [1.82, 2.24) is 10.0 Å².